The van der Waals surface area contributed by atoms with E-state index in [0.717, 1.165) is 41.2 Å². The van der Waals surface area contributed by atoms with Crippen LogP contribution in [0.15, 0.2) is 89.3 Å². The van der Waals surface area contributed by atoms with Gasteiger partial charge in [-0.1, -0.05) is 41.4 Å². The van der Waals surface area contributed by atoms with Gasteiger partial charge in [-0.15, -0.1) is 0 Å². The van der Waals surface area contributed by atoms with Crippen molar-refractivity contribution in [2.75, 3.05) is 36.4 Å². The Balaban J connectivity index is 1.11. The molecule has 2 heterocycles. The van der Waals surface area contributed by atoms with Crippen molar-refractivity contribution in [1.29, 1.82) is 0 Å². The molecule has 0 bridgehead atoms. The molecule has 0 atom stereocenters. The lowest BCUT2D eigenvalue weighted by Gasteiger charge is -2.36. The molecule has 5 rings (SSSR count). The summed E-state index contributed by atoms with van der Waals surface area (Å²) in [6, 6.07) is 26.0. The lowest BCUT2D eigenvalue weighted by molar-refractivity contribution is 0.0746. The molecule has 1 aliphatic rings. The molecule has 198 valence electrons. The second-order valence-corrected chi connectivity index (χ2v) is 10.1. The largest absolute Gasteiger partial charge is 0.451 e. The summed E-state index contributed by atoms with van der Waals surface area (Å²) in [6.07, 6.45) is 0. The summed E-state index contributed by atoms with van der Waals surface area (Å²) in [6.45, 7) is 4.83. The topological polar surface area (TPSA) is 77.8 Å². The average Bonchev–Trinajstić information content (AvgIpc) is 3.45. The van der Waals surface area contributed by atoms with Crippen molar-refractivity contribution in [2.24, 2.45) is 0 Å². The summed E-state index contributed by atoms with van der Waals surface area (Å²) < 4.78 is 5.68. The molecule has 1 saturated heterocycles. The molecule has 2 N–H and O–H groups in total. The molecule has 0 unspecified atom stereocenters. The number of nitrogens with zero attached hydrogens (tertiary/aromatic N) is 2. The summed E-state index contributed by atoms with van der Waals surface area (Å²) in [7, 11) is 0. The first-order valence-electron chi connectivity index (χ1n) is 12.5. The van der Waals surface area contributed by atoms with Gasteiger partial charge in [-0.05, 0) is 79.8 Å². The van der Waals surface area contributed by atoms with E-state index in [-0.39, 0.29) is 16.8 Å². The van der Waals surface area contributed by atoms with E-state index in [1.54, 1.807) is 24.3 Å². The van der Waals surface area contributed by atoms with Gasteiger partial charge in [-0.3, -0.25) is 14.9 Å². The van der Waals surface area contributed by atoms with Crippen LogP contribution in [0.5, 0.6) is 0 Å². The Morgan fingerprint density at radius 2 is 1.62 bits per heavy atom. The van der Waals surface area contributed by atoms with Gasteiger partial charge in [-0.25, -0.2) is 0 Å². The number of hydrogen-bond acceptors (Lipinski definition) is 5. The molecule has 3 aromatic carbocycles. The average molecular weight is 559 g/mol. The van der Waals surface area contributed by atoms with Crippen LogP contribution >= 0.6 is 23.8 Å². The molecule has 7 nitrogen and oxygen atoms in total. The van der Waals surface area contributed by atoms with Gasteiger partial charge in [0.25, 0.3) is 11.8 Å². The maximum Gasteiger partial charge on any atom is 0.293 e. The fourth-order valence-corrected chi connectivity index (χ4v) is 4.79. The van der Waals surface area contributed by atoms with Crippen molar-refractivity contribution < 1.29 is 14.0 Å². The van der Waals surface area contributed by atoms with E-state index in [1.807, 2.05) is 72.5 Å². The van der Waals surface area contributed by atoms with Crippen LogP contribution in [0, 0.1) is 6.92 Å². The minimum absolute atomic E-state index is 0.0694. The Morgan fingerprint density at radius 1 is 0.897 bits per heavy atom. The fraction of sp³-hybridized carbons (Fsp3) is 0.167. The van der Waals surface area contributed by atoms with Gasteiger partial charge in [0.2, 0.25) is 0 Å². The highest BCUT2D eigenvalue weighted by Gasteiger charge is 2.22. The second kappa shape index (κ2) is 11.7. The summed E-state index contributed by atoms with van der Waals surface area (Å²) in [5, 5.41) is 6.42. The Hall–Kier alpha value is -4.14. The van der Waals surface area contributed by atoms with Gasteiger partial charge in [0.15, 0.2) is 10.9 Å². The first-order chi connectivity index (χ1) is 18.9. The summed E-state index contributed by atoms with van der Waals surface area (Å²) >= 11 is 11.4. The number of furan rings is 1. The highest BCUT2D eigenvalue weighted by molar-refractivity contribution is 7.80. The van der Waals surface area contributed by atoms with E-state index in [0.29, 0.717) is 23.9 Å². The number of amides is 2. The van der Waals surface area contributed by atoms with Crippen molar-refractivity contribution in [2.45, 2.75) is 6.92 Å². The molecule has 4 aromatic rings. The predicted octanol–water partition coefficient (Wildman–Crippen LogP) is 6.00. The summed E-state index contributed by atoms with van der Waals surface area (Å²) in [5.74, 6) is 0.303. The molecule has 0 radical (unpaired) electrons. The molecule has 39 heavy (non-hydrogen) atoms. The quantitative estimate of drug-likeness (QED) is 0.293. The van der Waals surface area contributed by atoms with E-state index < -0.39 is 5.91 Å². The van der Waals surface area contributed by atoms with E-state index in [9.17, 15) is 9.59 Å². The first kappa shape index (κ1) is 26.5. The lowest BCUT2D eigenvalue weighted by Crippen LogP contribution is -2.48. The number of rotatable bonds is 5. The highest BCUT2D eigenvalue weighted by atomic mass is 35.5. The zero-order valence-corrected chi connectivity index (χ0v) is 22.9. The van der Waals surface area contributed by atoms with Crippen molar-refractivity contribution in [3.05, 3.63) is 107 Å². The second-order valence-electron chi connectivity index (χ2n) is 9.27. The van der Waals surface area contributed by atoms with Crippen LogP contribution in [0.4, 0.5) is 11.4 Å². The number of nitrogens with one attached hydrogen (secondary N) is 2. The maximum atomic E-state index is 12.8. The van der Waals surface area contributed by atoms with Crippen molar-refractivity contribution >= 4 is 52.1 Å². The zero-order valence-electron chi connectivity index (χ0n) is 21.3. The number of halogens is 1. The van der Waals surface area contributed by atoms with Gasteiger partial charge in [0.1, 0.15) is 5.76 Å². The van der Waals surface area contributed by atoms with Crippen LogP contribution in [0.2, 0.25) is 5.02 Å². The molecule has 2 amide bonds. The lowest BCUT2D eigenvalue weighted by atomic mass is 10.1. The summed E-state index contributed by atoms with van der Waals surface area (Å²) in [5.41, 5.74) is 4.44. The Kier molecular flexibility index (Phi) is 7.95. The number of benzene rings is 3. The molecule has 1 fully saturated rings. The maximum absolute atomic E-state index is 12.8. The minimum atomic E-state index is -0.449. The number of thiocarbonyl (C=S) groups is 1. The number of anilines is 2. The predicted molar refractivity (Wildman–Crippen MR) is 159 cm³/mol. The van der Waals surface area contributed by atoms with E-state index >= 15 is 0 Å². The van der Waals surface area contributed by atoms with E-state index in [4.69, 9.17) is 28.2 Å². The first-order valence-corrected chi connectivity index (χ1v) is 13.3. The third-order valence-corrected chi connectivity index (χ3v) is 6.96. The van der Waals surface area contributed by atoms with Crippen molar-refractivity contribution in [3.63, 3.8) is 0 Å². The van der Waals surface area contributed by atoms with Gasteiger partial charge >= 0.3 is 0 Å². The normalized spacial score (nSPS) is 13.2. The highest BCUT2D eigenvalue weighted by Crippen LogP contribution is 2.25. The molecule has 0 spiro atoms. The van der Waals surface area contributed by atoms with Crippen LogP contribution in [0.25, 0.3) is 11.3 Å². The molecule has 1 aliphatic heterocycles. The zero-order chi connectivity index (χ0) is 27.4. The van der Waals surface area contributed by atoms with Gasteiger partial charge in [-0.2, -0.15) is 0 Å². The van der Waals surface area contributed by atoms with Crippen LogP contribution < -0.4 is 15.5 Å². The monoisotopic (exact) mass is 558 g/mol. The van der Waals surface area contributed by atoms with E-state index in [2.05, 4.69) is 15.5 Å². The SMILES string of the molecule is Cc1ccc(C(=O)N2CCN(c3ccc(NC(=S)NC(=O)c4ccc(-c5cccc(Cl)c5)o4)cc3)CC2)cc1. The van der Waals surface area contributed by atoms with Crippen LogP contribution in [0.1, 0.15) is 26.5 Å². The Bertz CT molecular complexity index is 1490. The Morgan fingerprint density at radius 3 is 2.31 bits per heavy atom. The smallest absolute Gasteiger partial charge is 0.293 e. The molecule has 0 aliphatic carbocycles. The van der Waals surface area contributed by atoms with Gasteiger partial charge in [0, 0.05) is 53.7 Å². The number of piperazine rings is 1. The number of aryl methyl sites for hydroxylation is 1. The van der Waals surface area contributed by atoms with Gasteiger partial charge in [0.05, 0.1) is 0 Å². The molecule has 0 saturated carbocycles. The number of carbonyl (C=O) groups is 2. The standard InChI is InChI=1S/C30H27ClN4O3S/c1-20-5-7-21(8-6-20)29(37)35-17-15-34(16-18-35)25-11-9-24(10-12-25)32-30(39)33-28(36)27-14-13-26(38-27)22-3-2-4-23(31)19-22/h2-14,19H,15-18H2,1H3,(H2,32,33,36,39). The molecular weight excluding hydrogens is 532 g/mol. The fourth-order valence-electron chi connectivity index (χ4n) is 4.39. The third-order valence-electron chi connectivity index (χ3n) is 6.52. The molecule has 1 aromatic heterocycles. The number of carbonyl (C=O) groups excluding carboxylic acids is 2. The van der Waals surface area contributed by atoms with Crippen molar-refractivity contribution in [3.8, 4) is 11.3 Å². The van der Waals surface area contributed by atoms with Crippen LogP contribution in [0.3, 0.4) is 0 Å². The van der Waals surface area contributed by atoms with Crippen LogP contribution in [-0.2, 0) is 0 Å². The summed E-state index contributed by atoms with van der Waals surface area (Å²) in [4.78, 5) is 29.5. The van der Waals surface area contributed by atoms with Crippen molar-refractivity contribution in [1.82, 2.24) is 10.2 Å². The molecular formula is C30H27ClN4O3S. The van der Waals surface area contributed by atoms with E-state index in [1.165, 1.54) is 0 Å². The minimum Gasteiger partial charge on any atom is -0.451 e. The molecule has 9 heteroatoms. The Labute approximate surface area is 237 Å². The third kappa shape index (κ3) is 6.47. The van der Waals surface area contributed by atoms with Crippen LogP contribution in [-0.4, -0.2) is 48.0 Å². The number of hydrogen-bond donors (Lipinski definition) is 2. The van der Waals surface area contributed by atoms with Gasteiger partial charge < -0.3 is 19.5 Å².